The molecule has 0 aromatic heterocycles. The molecule has 2 aromatic carbocycles. The highest BCUT2D eigenvalue weighted by Crippen LogP contribution is 2.42. The van der Waals surface area contributed by atoms with Gasteiger partial charge >= 0.3 is 5.97 Å². The first-order valence-corrected chi connectivity index (χ1v) is 14.7. The van der Waals surface area contributed by atoms with Gasteiger partial charge in [-0.05, 0) is 99.2 Å². The zero-order chi connectivity index (χ0) is 28.6. The average molecular weight is 552 g/mol. The molecule has 7 nitrogen and oxygen atoms in total. The maximum absolute atomic E-state index is 14.4. The van der Waals surface area contributed by atoms with Crippen molar-refractivity contribution >= 4 is 11.9 Å². The number of likely N-dealkylation sites (tertiary alicyclic amines) is 1. The molecule has 4 rings (SSSR count). The van der Waals surface area contributed by atoms with Crippen molar-refractivity contribution in [3.63, 3.8) is 0 Å². The molecule has 1 aliphatic carbocycles. The summed E-state index contributed by atoms with van der Waals surface area (Å²) in [5.41, 5.74) is 4.23. The summed E-state index contributed by atoms with van der Waals surface area (Å²) in [4.78, 5) is 29.5. The van der Waals surface area contributed by atoms with Crippen LogP contribution in [0.4, 0.5) is 0 Å². The van der Waals surface area contributed by atoms with Gasteiger partial charge in [0.25, 0.3) is 0 Å². The summed E-state index contributed by atoms with van der Waals surface area (Å²) < 4.78 is 22.7. The van der Waals surface area contributed by atoms with Crippen molar-refractivity contribution < 1.29 is 28.5 Å². The first kappa shape index (κ1) is 29.8. The van der Waals surface area contributed by atoms with Crippen LogP contribution in [0.3, 0.4) is 0 Å². The second kappa shape index (κ2) is 13.9. The van der Waals surface area contributed by atoms with Gasteiger partial charge in [0.15, 0.2) is 11.5 Å². The molecule has 0 N–H and O–H groups in total. The number of rotatable bonds is 10. The van der Waals surface area contributed by atoms with Gasteiger partial charge in [-0.2, -0.15) is 0 Å². The Hall–Kier alpha value is -3.22. The van der Waals surface area contributed by atoms with Gasteiger partial charge in [-0.1, -0.05) is 31.4 Å². The van der Waals surface area contributed by atoms with E-state index in [-0.39, 0.29) is 36.9 Å². The third-order valence-corrected chi connectivity index (χ3v) is 8.57. The van der Waals surface area contributed by atoms with E-state index in [1.807, 2.05) is 38.1 Å². The van der Waals surface area contributed by atoms with E-state index in [0.717, 1.165) is 61.0 Å². The van der Waals surface area contributed by atoms with Crippen molar-refractivity contribution in [3.05, 3.63) is 52.6 Å². The van der Waals surface area contributed by atoms with Gasteiger partial charge in [-0.25, -0.2) is 4.79 Å². The molecule has 1 saturated heterocycles. The normalized spacial score (nSPS) is 18.6. The lowest BCUT2D eigenvalue weighted by Crippen LogP contribution is -2.51. The molecule has 0 unspecified atom stereocenters. The number of hydrogen-bond acceptors (Lipinski definition) is 6. The van der Waals surface area contributed by atoms with E-state index in [4.69, 9.17) is 18.9 Å². The Morgan fingerprint density at radius 3 is 2.30 bits per heavy atom. The maximum atomic E-state index is 14.4. The molecule has 1 aliphatic heterocycles. The highest BCUT2D eigenvalue weighted by atomic mass is 16.6. The van der Waals surface area contributed by atoms with Crippen LogP contribution in [0.25, 0.3) is 0 Å². The van der Waals surface area contributed by atoms with Gasteiger partial charge in [0.2, 0.25) is 5.91 Å². The standard InChI is InChI=1S/C33H45NO6/c1-22-14-15-27(20-23(22)2)39-17-18-40-33(36)28-13-9-10-16-34(28)32(35)30(25-11-7-6-8-12-25)26-19-24(3)31(38-5)29(21-26)37-4/h14-15,19-21,25,28,30H,6-13,16-18H2,1-5H3/t28-,30-/m0/s1. The summed E-state index contributed by atoms with van der Waals surface area (Å²) >= 11 is 0. The van der Waals surface area contributed by atoms with Gasteiger partial charge in [-0.3, -0.25) is 4.79 Å². The van der Waals surface area contributed by atoms with Crippen LogP contribution in [0.2, 0.25) is 0 Å². The number of piperidine rings is 1. The Morgan fingerprint density at radius 1 is 0.850 bits per heavy atom. The molecule has 7 heteroatoms. The molecule has 0 radical (unpaired) electrons. The second-order valence-electron chi connectivity index (χ2n) is 11.3. The Morgan fingerprint density at radius 2 is 1.60 bits per heavy atom. The summed E-state index contributed by atoms with van der Waals surface area (Å²) in [6.07, 6.45) is 7.83. The zero-order valence-electron chi connectivity index (χ0n) is 24.8. The molecule has 2 atom stereocenters. The predicted molar refractivity (Wildman–Crippen MR) is 155 cm³/mol. The monoisotopic (exact) mass is 551 g/mol. The number of hydrogen-bond donors (Lipinski definition) is 0. The third kappa shape index (κ3) is 6.91. The molecule has 1 saturated carbocycles. The van der Waals surface area contributed by atoms with E-state index in [9.17, 15) is 9.59 Å². The van der Waals surface area contributed by atoms with Gasteiger partial charge in [0, 0.05) is 6.54 Å². The molecule has 40 heavy (non-hydrogen) atoms. The first-order chi connectivity index (χ1) is 19.3. The summed E-state index contributed by atoms with van der Waals surface area (Å²) in [7, 11) is 3.25. The number of esters is 1. The van der Waals surface area contributed by atoms with E-state index in [2.05, 4.69) is 13.0 Å². The molecule has 2 aromatic rings. The molecule has 1 heterocycles. The number of nitrogens with zero attached hydrogens (tertiary/aromatic N) is 1. The molecule has 0 spiro atoms. The van der Waals surface area contributed by atoms with Crippen molar-refractivity contribution in [2.45, 2.75) is 84.1 Å². The Balaban J connectivity index is 1.49. The molecule has 218 valence electrons. The second-order valence-corrected chi connectivity index (χ2v) is 11.3. The van der Waals surface area contributed by atoms with E-state index in [1.165, 1.54) is 12.0 Å². The summed E-state index contributed by atoms with van der Waals surface area (Å²) in [6, 6.07) is 9.36. The fraction of sp³-hybridized carbons (Fsp3) is 0.576. The predicted octanol–water partition coefficient (Wildman–Crippen LogP) is 6.30. The van der Waals surface area contributed by atoms with Crippen molar-refractivity contribution in [2.24, 2.45) is 5.92 Å². The molecule has 1 amide bonds. The minimum Gasteiger partial charge on any atom is -0.493 e. The van der Waals surface area contributed by atoms with E-state index >= 15 is 0 Å². The van der Waals surface area contributed by atoms with Crippen LogP contribution < -0.4 is 14.2 Å². The largest absolute Gasteiger partial charge is 0.493 e. The topological polar surface area (TPSA) is 74.3 Å². The first-order valence-electron chi connectivity index (χ1n) is 14.7. The molecule has 2 fully saturated rings. The lowest BCUT2D eigenvalue weighted by Gasteiger charge is -2.39. The van der Waals surface area contributed by atoms with Crippen LogP contribution in [0, 0.1) is 26.7 Å². The van der Waals surface area contributed by atoms with Crippen molar-refractivity contribution in [2.75, 3.05) is 34.0 Å². The minimum atomic E-state index is -0.574. The van der Waals surface area contributed by atoms with E-state index in [1.54, 1.807) is 19.1 Å². The molecule has 0 bridgehead atoms. The van der Waals surface area contributed by atoms with Crippen LogP contribution in [0.5, 0.6) is 17.2 Å². The van der Waals surface area contributed by atoms with E-state index < -0.39 is 6.04 Å². The molecule has 2 aliphatic rings. The number of methoxy groups -OCH3 is 2. The van der Waals surface area contributed by atoms with Crippen molar-refractivity contribution in [3.8, 4) is 17.2 Å². The van der Waals surface area contributed by atoms with Crippen LogP contribution in [0.1, 0.15) is 79.5 Å². The third-order valence-electron chi connectivity index (χ3n) is 8.57. The number of ether oxygens (including phenoxy) is 4. The Kier molecular flexibility index (Phi) is 10.3. The lowest BCUT2D eigenvalue weighted by molar-refractivity contribution is -0.158. The van der Waals surface area contributed by atoms with Crippen LogP contribution >= 0.6 is 0 Å². The Bertz CT molecular complexity index is 1170. The van der Waals surface area contributed by atoms with Gasteiger partial charge in [-0.15, -0.1) is 0 Å². The smallest absolute Gasteiger partial charge is 0.328 e. The lowest BCUT2D eigenvalue weighted by atomic mass is 9.75. The number of carbonyl (C=O) groups excluding carboxylic acids is 2. The van der Waals surface area contributed by atoms with Gasteiger partial charge < -0.3 is 23.8 Å². The van der Waals surface area contributed by atoms with Crippen molar-refractivity contribution in [1.82, 2.24) is 4.90 Å². The number of amides is 1. The zero-order valence-corrected chi connectivity index (χ0v) is 24.8. The number of benzene rings is 2. The average Bonchev–Trinajstić information content (AvgIpc) is 2.97. The SMILES string of the molecule is COc1cc([C@@H](C(=O)N2CCCC[C@H]2C(=O)OCCOc2ccc(C)c(C)c2)C2CCCCC2)cc(C)c1OC. The minimum absolute atomic E-state index is 0.0200. The maximum Gasteiger partial charge on any atom is 0.328 e. The fourth-order valence-corrected chi connectivity index (χ4v) is 6.27. The van der Waals surface area contributed by atoms with Crippen LogP contribution in [-0.2, 0) is 14.3 Å². The highest BCUT2D eigenvalue weighted by molar-refractivity contribution is 5.89. The van der Waals surface area contributed by atoms with Gasteiger partial charge in [0.1, 0.15) is 25.0 Å². The van der Waals surface area contributed by atoms with Gasteiger partial charge in [0.05, 0.1) is 20.1 Å². The highest BCUT2D eigenvalue weighted by Gasteiger charge is 2.40. The summed E-state index contributed by atoms with van der Waals surface area (Å²) in [5.74, 6) is 1.64. The van der Waals surface area contributed by atoms with Crippen molar-refractivity contribution in [1.29, 1.82) is 0 Å². The number of carbonyl (C=O) groups is 2. The summed E-state index contributed by atoms with van der Waals surface area (Å²) in [6.45, 7) is 7.06. The fourth-order valence-electron chi connectivity index (χ4n) is 6.27. The molecular weight excluding hydrogens is 506 g/mol. The number of aryl methyl sites for hydroxylation is 3. The van der Waals surface area contributed by atoms with Crippen LogP contribution in [0.15, 0.2) is 30.3 Å². The summed E-state index contributed by atoms with van der Waals surface area (Å²) in [5, 5.41) is 0. The quantitative estimate of drug-likeness (QED) is 0.255. The van der Waals surface area contributed by atoms with Crippen LogP contribution in [-0.4, -0.2) is 56.8 Å². The molecular formula is C33H45NO6. The van der Waals surface area contributed by atoms with E-state index in [0.29, 0.717) is 24.5 Å². The Labute approximate surface area is 239 Å².